The maximum absolute atomic E-state index is 12.1. The lowest BCUT2D eigenvalue weighted by Crippen LogP contribution is -2.35. The normalized spacial score (nSPS) is 11.4. The first-order valence-electron chi connectivity index (χ1n) is 7.62. The van der Waals surface area contributed by atoms with Crippen molar-refractivity contribution in [2.45, 2.75) is 30.5 Å². The second kappa shape index (κ2) is 9.20. The second-order valence-electron chi connectivity index (χ2n) is 5.33. The van der Waals surface area contributed by atoms with Crippen LogP contribution in [0.15, 0.2) is 34.5 Å². The molecule has 25 heavy (non-hydrogen) atoms. The number of anilines is 1. The zero-order valence-electron chi connectivity index (χ0n) is 13.9. The van der Waals surface area contributed by atoms with E-state index < -0.39 is 0 Å². The first kappa shape index (κ1) is 19.0. The third-order valence-corrected chi connectivity index (χ3v) is 5.48. The molecule has 6 nitrogen and oxygen atoms in total. The molecule has 2 N–H and O–H groups in total. The minimum atomic E-state index is -0.304. The maximum Gasteiger partial charge on any atom is 0.251 e. The van der Waals surface area contributed by atoms with E-state index in [1.807, 2.05) is 13.0 Å². The van der Waals surface area contributed by atoms with Crippen molar-refractivity contribution in [1.29, 1.82) is 5.26 Å². The average molecular weight is 374 g/mol. The number of rotatable bonds is 7. The molecule has 2 amide bonds. The Labute approximate surface area is 154 Å². The van der Waals surface area contributed by atoms with Gasteiger partial charge in [0.15, 0.2) is 5.13 Å². The van der Waals surface area contributed by atoms with E-state index in [1.165, 1.54) is 23.1 Å². The molecular formula is C17H18N4O2S2. The van der Waals surface area contributed by atoms with Crippen LogP contribution in [0.4, 0.5) is 5.13 Å². The van der Waals surface area contributed by atoms with Crippen LogP contribution in [0, 0.1) is 18.3 Å². The van der Waals surface area contributed by atoms with Crippen molar-refractivity contribution in [3.8, 4) is 6.07 Å². The largest absolute Gasteiger partial charge is 0.349 e. The van der Waals surface area contributed by atoms with Gasteiger partial charge in [-0.3, -0.25) is 9.59 Å². The van der Waals surface area contributed by atoms with Gasteiger partial charge in [-0.15, -0.1) is 0 Å². The lowest BCUT2D eigenvalue weighted by Gasteiger charge is -2.13. The predicted octanol–water partition coefficient (Wildman–Crippen LogP) is 3.21. The SMILES string of the molecule is Cc1nc(NC(=O)C[C@H](C)NC(=O)c2ccccc2)sc1SCC#N. The van der Waals surface area contributed by atoms with Crippen LogP contribution in [0.5, 0.6) is 0 Å². The molecule has 0 aliphatic rings. The van der Waals surface area contributed by atoms with Crippen LogP contribution < -0.4 is 10.6 Å². The third kappa shape index (κ3) is 5.89. The molecule has 0 saturated heterocycles. The number of hydrogen-bond acceptors (Lipinski definition) is 6. The summed E-state index contributed by atoms with van der Waals surface area (Å²) >= 11 is 2.75. The van der Waals surface area contributed by atoms with Crippen molar-refractivity contribution in [3.63, 3.8) is 0 Å². The average Bonchev–Trinajstić information content (AvgIpc) is 2.92. The number of nitrogens with one attached hydrogen (secondary N) is 2. The fraction of sp³-hybridized carbons (Fsp3) is 0.294. The van der Waals surface area contributed by atoms with Gasteiger partial charge in [-0.05, 0) is 26.0 Å². The minimum absolute atomic E-state index is 0.151. The van der Waals surface area contributed by atoms with Gasteiger partial charge in [0.05, 0.1) is 21.7 Å². The van der Waals surface area contributed by atoms with E-state index >= 15 is 0 Å². The maximum atomic E-state index is 12.1. The summed E-state index contributed by atoms with van der Waals surface area (Å²) in [5.74, 6) is -0.0773. The number of amides is 2. The molecular weight excluding hydrogens is 356 g/mol. The molecule has 0 aliphatic heterocycles. The highest BCUT2D eigenvalue weighted by Crippen LogP contribution is 2.31. The van der Waals surface area contributed by atoms with Crippen molar-refractivity contribution >= 4 is 40.0 Å². The second-order valence-corrected chi connectivity index (χ2v) is 7.57. The highest BCUT2D eigenvalue weighted by Gasteiger charge is 2.15. The number of thiazole rings is 1. The Bertz CT molecular complexity index is 784. The minimum Gasteiger partial charge on any atom is -0.349 e. The first-order valence-corrected chi connectivity index (χ1v) is 9.42. The number of hydrogen-bond donors (Lipinski definition) is 2. The number of thioether (sulfide) groups is 1. The molecule has 130 valence electrons. The van der Waals surface area contributed by atoms with Crippen LogP contribution in [-0.2, 0) is 4.79 Å². The van der Waals surface area contributed by atoms with Gasteiger partial charge in [0.25, 0.3) is 5.91 Å². The van der Waals surface area contributed by atoms with Gasteiger partial charge in [-0.25, -0.2) is 4.98 Å². The van der Waals surface area contributed by atoms with Crippen molar-refractivity contribution in [2.24, 2.45) is 0 Å². The quantitative estimate of drug-likeness (QED) is 0.726. The molecule has 0 spiro atoms. The number of aromatic nitrogens is 1. The molecule has 0 aliphatic carbocycles. The summed E-state index contributed by atoms with van der Waals surface area (Å²) in [6.45, 7) is 3.62. The summed E-state index contributed by atoms with van der Waals surface area (Å²) in [6.07, 6.45) is 0.151. The molecule has 1 aromatic carbocycles. The fourth-order valence-corrected chi connectivity index (χ4v) is 3.88. The van der Waals surface area contributed by atoms with E-state index in [0.717, 1.165) is 9.90 Å². The van der Waals surface area contributed by atoms with Crippen LogP contribution in [-0.4, -0.2) is 28.6 Å². The van der Waals surface area contributed by atoms with E-state index in [2.05, 4.69) is 21.7 Å². The Morgan fingerprint density at radius 3 is 2.76 bits per heavy atom. The third-order valence-electron chi connectivity index (χ3n) is 3.17. The van der Waals surface area contributed by atoms with Crippen LogP contribution in [0.1, 0.15) is 29.4 Å². The number of carbonyl (C=O) groups is 2. The van der Waals surface area contributed by atoms with E-state index in [4.69, 9.17) is 5.26 Å². The molecule has 1 atom stereocenters. The van der Waals surface area contributed by atoms with Gasteiger partial charge in [-0.1, -0.05) is 41.3 Å². The number of carbonyl (C=O) groups excluding carboxylic acids is 2. The molecule has 8 heteroatoms. The van der Waals surface area contributed by atoms with Crippen molar-refractivity contribution in [1.82, 2.24) is 10.3 Å². The molecule has 2 rings (SSSR count). The van der Waals surface area contributed by atoms with E-state index in [1.54, 1.807) is 31.2 Å². The van der Waals surface area contributed by atoms with E-state index in [-0.39, 0.29) is 24.3 Å². The standard InChI is InChI=1S/C17H18N4O2S2/c1-11(19-15(23)13-6-4-3-5-7-13)10-14(22)21-17-20-12(2)16(25-17)24-9-8-18/h3-7,11H,9-10H2,1-2H3,(H,19,23)(H,20,21,22)/t11-/m0/s1. The lowest BCUT2D eigenvalue weighted by atomic mass is 10.1. The zero-order chi connectivity index (χ0) is 18.2. The Kier molecular flexibility index (Phi) is 6.98. The molecule has 1 heterocycles. The summed E-state index contributed by atoms with van der Waals surface area (Å²) in [6, 6.07) is 10.6. The van der Waals surface area contributed by atoms with Crippen molar-refractivity contribution in [2.75, 3.05) is 11.1 Å². The van der Waals surface area contributed by atoms with Crippen molar-refractivity contribution in [3.05, 3.63) is 41.6 Å². The van der Waals surface area contributed by atoms with E-state index in [9.17, 15) is 9.59 Å². The van der Waals surface area contributed by atoms with Gasteiger partial charge in [0, 0.05) is 18.0 Å². The topological polar surface area (TPSA) is 94.9 Å². The summed E-state index contributed by atoms with van der Waals surface area (Å²) in [5.41, 5.74) is 1.36. The summed E-state index contributed by atoms with van der Waals surface area (Å²) < 4.78 is 0.919. The smallest absolute Gasteiger partial charge is 0.251 e. The highest BCUT2D eigenvalue weighted by atomic mass is 32.2. The first-order chi connectivity index (χ1) is 12.0. The fourth-order valence-electron chi connectivity index (χ4n) is 2.06. The molecule has 0 fully saturated rings. The van der Waals surface area contributed by atoms with Crippen LogP contribution >= 0.6 is 23.1 Å². The molecule has 0 unspecified atom stereocenters. The molecule has 1 aromatic heterocycles. The summed E-state index contributed by atoms with van der Waals surface area (Å²) in [4.78, 5) is 28.5. The van der Waals surface area contributed by atoms with Crippen LogP contribution in [0.25, 0.3) is 0 Å². The van der Waals surface area contributed by atoms with Crippen LogP contribution in [0.2, 0.25) is 0 Å². The highest BCUT2D eigenvalue weighted by molar-refractivity contribution is 8.01. The van der Waals surface area contributed by atoms with Gasteiger partial charge in [-0.2, -0.15) is 5.26 Å². The Morgan fingerprint density at radius 1 is 1.36 bits per heavy atom. The molecule has 0 radical (unpaired) electrons. The zero-order valence-corrected chi connectivity index (χ0v) is 15.5. The Balaban J connectivity index is 1.85. The van der Waals surface area contributed by atoms with Gasteiger partial charge >= 0.3 is 0 Å². The van der Waals surface area contributed by atoms with Crippen molar-refractivity contribution < 1.29 is 9.59 Å². The number of nitrogens with zero attached hydrogens (tertiary/aromatic N) is 2. The van der Waals surface area contributed by atoms with Crippen LogP contribution in [0.3, 0.4) is 0 Å². The van der Waals surface area contributed by atoms with Gasteiger partial charge in [0.2, 0.25) is 5.91 Å². The summed E-state index contributed by atoms with van der Waals surface area (Å²) in [7, 11) is 0. The van der Waals surface area contributed by atoms with Gasteiger partial charge < -0.3 is 10.6 Å². The number of nitriles is 1. The lowest BCUT2D eigenvalue weighted by molar-refractivity contribution is -0.116. The van der Waals surface area contributed by atoms with E-state index in [0.29, 0.717) is 16.4 Å². The number of aryl methyl sites for hydroxylation is 1. The summed E-state index contributed by atoms with van der Waals surface area (Å²) in [5, 5.41) is 14.7. The molecule has 2 aromatic rings. The molecule has 0 bridgehead atoms. The molecule has 0 saturated carbocycles. The Morgan fingerprint density at radius 2 is 2.08 bits per heavy atom. The number of benzene rings is 1. The Hall–Kier alpha value is -2.37. The predicted molar refractivity (Wildman–Crippen MR) is 99.8 cm³/mol. The monoisotopic (exact) mass is 374 g/mol. The van der Waals surface area contributed by atoms with Gasteiger partial charge in [0.1, 0.15) is 0 Å².